The minimum Gasteiger partial charge on any atom is -0.481 e. The molecule has 2 aromatic rings. The van der Waals surface area contributed by atoms with Crippen LogP contribution in [-0.2, 0) is 29.0 Å². The van der Waals surface area contributed by atoms with Gasteiger partial charge in [-0.1, -0.05) is 18.2 Å². The Morgan fingerprint density at radius 2 is 2.00 bits per heavy atom. The van der Waals surface area contributed by atoms with E-state index >= 15 is 0 Å². The van der Waals surface area contributed by atoms with Crippen LogP contribution in [0.3, 0.4) is 0 Å². The second kappa shape index (κ2) is 11.5. The van der Waals surface area contributed by atoms with Gasteiger partial charge in [0.05, 0.1) is 20.3 Å². The molecule has 1 aromatic heterocycles. The number of methoxy groups -OCH3 is 1. The average molecular weight is 466 g/mol. The number of fused-ring (bicyclic) bond motifs is 2. The molecule has 34 heavy (non-hydrogen) atoms. The molecule has 0 spiro atoms. The Bertz CT molecular complexity index is 1030. The number of anilines is 1. The third kappa shape index (κ3) is 5.42. The Kier molecular flexibility index (Phi) is 8.19. The van der Waals surface area contributed by atoms with E-state index in [2.05, 4.69) is 34.3 Å². The predicted octanol–water partition coefficient (Wildman–Crippen LogP) is 3.96. The molecule has 1 aromatic carbocycles. The van der Waals surface area contributed by atoms with Crippen molar-refractivity contribution in [2.75, 3.05) is 38.4 Å². The lowest BCUT2D eigenvalue weighted by Gasteiger charge is -2.37. The molecule has 7 nitrogen and oxygen atoms in total. The summed E-state index contributed by atoms with van der Waals surface area (Å²) in [6.45, 7) is 7.80. The van der Waals surface area contributed by atoms with Crippen molar-refractivity contribution in [2.45, 2.75) is 52.3 Å². The van der Waals surface area contributed by atoms with Gasteiger partial charge in [0.2, 0.25) is 5.88 Å². The maximum absolute atomic E-state index is 13.5. The van der Waals surface area contributed by atoms with Gasteiger partial charge >= 0.3 is 0 Å². The highest BCUT2D eigenvalue weighted by Gasteiger charge is 2.25. The van der Waals surface area contributed by atoms with Crippen LogP contribution in [0.1, 0.15) is 52.5 Å². The second-order valence-corrected chi connectivity index (χ2v) is 8.72. The van der Waals surface area contributed by atoms with Gasteiger partial charge in [0.15, 0.2) is 0 Å². The maximum atomic E-state index is 13.5. The van der Waals surface area contributed by atoms with Gasteiger partial charge in [-0.2, -0.15) is 0 Å². The van der Waals surface area contributed by atoms with Crippen LogP contribution < -0.4 is 15.0 Å². The monoisotopic (exact) mass is 465 g/mol. The molecule has 0 saturated carbocycles. The number of aryl methyl sites for hydroxylation is 1. The number of hydrogen-bond donors (Lipinski definition) is 1. The lowest BCUT2D eigenvalue weighted by atomic mass is 9.97. The van der Waals surface area contributed by atoms with E-state index in [4.69, 9.17) is 14.2 Å². The fraction of sp³-hybridized carbons (Fsp3) is 0.481. The van der Waals surface area contributed by atoms with Crippen molar-refractivity contribution in [2.24, 2.45) is 0 Å². The molecule has 1 N–H and O–H groups in total. The van der Waals surface area contributed by atoms with Gasteiger partial charge in [-0.05, 0) is 62.4 Å². The summed E-state index contributed by atoms with van der Waals surface area (Å²) in [4.78, 5) is 20.4. The van der Waals surface area contributed by atoms with Crippen LogP contribution in [0.25, 0.3) is 0 Å². The third-order valence-corrected chi connectivity index (χ3v) is 6.56. The zero-order valence-electron chi connectivity index (χ0n) is 20.4. The van der Waals surface area contributed by atoms with Crippen molar-refractivity contribution in [3.63, 3.8) is 0 Å². The molecule has 1 fully saturated rings. The first kappa shape index (κ1) is 24.2. The molecule has 1 amide bonds. The molecule has 4 rings (SSSR count). The highest BCUT2D eigenvalue weighted by Crippen LogP contribution is 2.30. The second-order valence-electron chi connectivity index (χ2n) is 8.72. The van der Waals surface area contributed by atoms with E-state index in [0.717, 1.165) is 60.7 Å². The summed E-state index contributed by atoms with van der Waals surface area (Å²) in [5, 5.41) is 3.11. The zero-order chi connectivity index (χ0) is 23.9. The van der Waals surface area contributed by atoms with E-state index in [1.54, 1.807) is 7.11 Å². The summed E-state index contributed by atoms with van der Waals surface area (Å²) < 4.78 is 17.0. The van der Waals surface area contributed by atoms with Gasteiger partial charge in [-0.3, -0.25) is 4.79 Å². The van der Waals surface area contributed by atoms with Crippen molar-refractivity contribution in [1.29, 1.82) is 0 Å². The summed E-state index contributed by atoms with van der Waals surface area (Å²) in [6, 6.07) is 8.45. The molecule has 3 heterocycles. The van der Waals surface area contributed by atoms with Gasteiger partial charge in [0.25, 0.3) is 5.91 Å². The summed E-state index contributed by atoms with van der Waals surface area (Å²) in [6.07, 6.45) is 6.79. The van der Waals surface area contributed by atoms with Gasteiger partial charge in [-0.25, -0.2) is 4.98 Å². The van der Waals surface area contributed by atoms with E-state index in [0.29, 0.717) is 43.7 Å². The number of benzene rings is 1. The first-order valence-corrected chi connectivity index (χ1v) is 12.1. The van der Waals surface area contributed by atoms with Crippen LogP contribution in [-0.4, -0.2) is 50.4 Å². The number of carbonyl (C=O) groups is 1. The molecule has 0 unspecified atom stereocenters. The van der Waals surface area contributed by atoms with Crippen LogP contribution in [0.2, 0.25) is 0 Å². The number of carbonyl (C=O) groups excluding carboxylic acids is 1. The summed E-state index contributed by atoms with van der Waals surface area (Å²) in [7, 11) is 1.60. The van der Waals surface area contributed by atoms with Crippen molar-refractivity contribution in [3.05, 3.63) is 64.4 Å². The Hall–Kier alpha value is -2.90. The highest BCUT2D eigenvalue weighted by atomic mass is 16.5. The predicted molar refractivity (Wildman–Crippen MR) is 132 cm³/mol. The average Bonchev–Trinajstić information content (AvgIpc) is 2.87. The normalized spacial score (nSPS) is 18.4. The van der Waals surface area contributed by atoms with E-state index in [9.17, 15) is 4.79 Å². The summed E-state index contributed by atoms with van der Waals surface area (Å²) in [5.41, 5.74) is 5.54. The van der Waals surface area contributed by atoms with Crippen molar-refractivity contribution in [1.82, 2.24) is 10.3 Å². The number of nitrogens with zero attached hydrogens (tertiary/aromatic N) is 2. The fourth-order valence-corrected chi connectivity index (χ4v) is 4.89. The van der Waals surface area contributed by atoms with Crippen LogP contribution in [0.5, 0.6) is 5.88 Å². The third-order valence-electron chi connectivity index (χ3n) is 6.56. The molecule has 2 aliphatic heterocycles. The quantitative estimate of drug-likeness (QED) is 0.689. The minimum atomic E-state index is -0.0953. The molecule has 0 atom stereocenters. The Labute approximate surface area is 202 Å². The SMILES string of the molecule is CCN(c1cccc2c1C/C=C\COCc1cc(C)nc(OC)c1CNC2=O)C1CCOCC1. The Balaban J connectivity index is 1.70. The van der Waals surface area contributed by atoms with E-state index in [1.807, 2.05) is 31.2 Å². The summed E-state index contributed by atoms with van der Waals surface area (Å²) >= 11 is 0. The Morgan fingerprint density at radius 3 is 2.76 bits per heavy atom. The smallest absolute Gasteiger partial charge is 0.251 e. The molecule has 0 bridgehead atoms. The first-order chi connectivity index (χ1) is 16.6. The zero-order valence-corrected chi connectivity index (χ0v) is 20.4. The fourth-order valence-electron chi connectivity index (χ4n) is 4.89. The molecule has 0 radical (unpaired) electrons. The number of hydrogen-bond acceptors (Lipinski definition) is 6. The summed E-state index contributed by atoms with van der Waals surface area (Å²) in [5.74, 6) is 0.428. The number of rotatable bonds is 4. The Morgan fingerprint density at radius 1 is 1.18 bits per heavy atom. The molecular weight excluding hydrogens is 430 g/mol. The number of nitrogens with one attached hydrogen (secondary N) is 1. The standard InChI is InChI=1S/C27H35N3O4/c1-4-30(21-11-14-33-15-12-21)25-10-7-9-23-22(25)8-5-6-13-34-18-20-16-19(2)29-27(32-3)24(20)17-28-26(23)31/h5-7,9-10,16,21H,4,8,11-15,17-18H2,1-3H3,(H,28,31)/b6-5-. The van der Waals surface area contributed by atoms with Gasteiger partial charge in [0.1, 0.15) is 0 Å². The molecule has 0 aliphatic carbocycles. The van der Waals surface area contributed by atoms with Crippen LogP contribution in [0.4, 0.5) is 5.69 Å². The first-order valence-electron chi connectivity index (χ1n) is 12.1. The molecule has 2 aliphatic rings. The van der Waals surface area contributed by atoms with E-state index < -0.39 is 0 Å². The van der Waals surface area contributed by atoms with Gasteiger partial charge in [-0.15, -0.1) is 0 Å². The lowest BCUT2D eigenvalue weighted by Crippen LogP contribution is -2.40. The molecular formula is C27H35N3O4. The number of allylic oxidation sites excluding steroid dienone is 1. The van der Waals surface area contributed by atoms with Crippen LogP contribution in [0.15, 0.2) is 36.4 Å². The number of aromatic nitrogens is 1. The topological polar surface area (TPSA) is 72.9 Å². The maximum Gasteiger partial charge on any atom is 0.251 e. The molecule has 1 saturated heterocycles. The number of amides is 1. The number of ether oxygens (including phenoxy) is 3. The van der Waals surface area contributed by atoms with Crippen LogP contribution in [0, 0.1) is 6.92 Å². The van der Waals surface area contributed by atoms with Gasteiger partial charge < -0.3 is 24.4 Å². The largest absolute Gasteiger partial charge is 0.481 e. The minimum absolute atomic E-state index is 0.0953. The van der Waals surface area contributed by atoms with Crippen LogP contribution >= 0.6 is 0 Å². The van der Waals surface area contributed by atoms with Crippen molar-refractivity contribution in [3.8, 4) is 5.88 Å². The van der Waals surface area contributed by atoms with E-state index in [1.165, 1.54) is 0 Å². The lowest BCUT2D eigenvalue weighted by molar-refractivity contribution is 0.0845. The van der Waals surface area contributed by atoms with Crippen molar-refractivity contribution < 1.29 is 19.0 Å². The van der Waals surface area contributed by atoms with E-state index in [-0.39, 0.29) is 5.91 Å². The molecule has 182 valence electrons. The van der Waals surface area contributed by atoms with Crippen molar-refractivity contribution >= 4 is 11.6 Å². The van der Waals surface area contributed by atoms with Gasteiger partial charge in [0, 0.05) is 54.9 Å². The molecule has 7 heteroatoms. The number of pyridine rings is 1. The highest BCUT2D eigenvalue weighted by molar-refractivity contribution is 5.97.